The summed E-state index contributed by atoms with van der Waals surface area (Å²) in [6.07, 6.45) is 1.81. The second kappa shape index (κ2) is 8.60. The van der Waals surface area contributed by atoms with E-state index in [1.54, 1.807) is 36.4 Å². The van der Waals surface area contributed by atoms with E-state index in [-0.39, 0.29) is 17.4 Å². The van der Waals surface area contributed by atoms with Crippen molar-refractivity contribution < 1.29 is 9.18 Å². The molecule has 1 amide bonds. The van der Waals surface area contributed by atoms with Crippen LogP contribution in [0.1, 0.15) is 21.6 Å². The van der Waals surface area contributed by atoms with Crippen LogP contribution in [0.5, 0.6) is 0 Å². The van der Waals surface area contributed by atoms with Crippen molar-refractivity contribution >= 4 is 29.0 Å². The van der Waals surface area contributed by atoms with Crippen molar-refractivity contribution in [2.75, 3.05) is 17.2 Å². The zero-order valence-corrected chi connectivity index (χ0v) is 15.4. The van der Waals surface area contributed by atoms with Gasteiger partial charge in [0.1, 0.15) is 23.7 Å². The van der Waals surface area contributed by atoms with Crippen molar-refractivity contribution in [3.05, 3.63) is 82.5 Å². The molecule has 2 aromatic carbocycles. The Kier molecular flexibility index (Phi) is 5.98. The average molecular weight is 385 g/mol. The van der Waals surface area contributed by atoms with Crippen LogP contribution < -0.4 is 10.6 Å². The molecule has 0 aliphatic carbocycles. The summed E-state index contributed by atoms with van der Waals surface area (Å²) in [7, 11) is 0. The summed E-state index contributed by atoms with van der Waals surface area (Å²) in [6.45, 7) is 2.37. The molecule has 1 heterocycles. The minimum Gasteiger partial charge on any atom is -0.370 e. The fourth-order valence-electron chi connectivity index (χ4n) is 2.47. The van der Waals surface area contributed by atoms with Crippen LogP contribution in [0.3, 0.4) is 0 Å². The first-order valence-electron chi connectivity index (χ1n) is 8.40. The lowest BCUT2D eigenvalue weighted by Gasteiger charge is -2.09. The molecule has 0 unspecified atom stereocenters. The van der Waals surface area contributed by atoms with Crippen LogP contribution in [0.15, 0.2) is 54.9 Å². The summed E-state index contributed by atoms with van der Waals surface area (Å²) in [5.41, 5.74) is 2.35. The number of amides is 1. The molecule has 1 aromatic heterocycles. The molecule has 0 spiro atoms. The van der Waals surface area contributed by atoms with Crippen molar-refractivity contribution in [2.45, 2.75) is 13.3 Å². The van der Waals surface area contributed by atoms with Crippen LogP contribution in [0.2, 0.25) is 5.02 Å². The van der Waals surface area contributed by atoms with Gasteiger partial charge >= 0.3 is 0 Å². The number of halogens is 2. The minimum atomic E-state index is -0.366. The quantitative estimate of drug-likeness (QED) is 0.657. The van der Waals surface area contributed by atoms with E-state index in [2.05, 4.69) is 20.6 Å². The highest BCUT2D eigenvalue weighted by Gasteiger charge is 2.10. The van der Waals surface area contributed by atoms with Gasteiger partial charge in [0, 0.05) is 23.3 Å². The van der Waals surface area contributed by atoms with Crippen LogP contribution in [0, 0.1) is 12.7 Å². The van der Waals surface area contributed by atoms with Crippen LogP contribution in [0.25, 0.3) is 0 Å². The van der Waals surface area contributed by atoms with Crippen LogP contribution in [0.4, 0.5) is 15.9 Å². The SMILES string of the molecule is Cc1ccc(NC(=O)c2cc(NCCc3ccccc3F)ncn2)cc1Cl. The van der Waals surface area contributed by atoms with Crippen LogP contribution >= 0.6 is 11.6 Å². The number of carbonyl (C=O) groups excluding carboxylic acids is 1. The number of anilines is 2. The summed E-state index contributed by atoms with van der Waals surface area (Å²) in [4.78, 5) is 20.5. The van der Waals surface area contributed by atoms with E-state index in [9.17, 15) is 9.18 Å². The van der Waals surface area contributed by atoms with Gasteiger partial charge < -0.3 is 10.6 Å². The molecule has 7 heteroatoms. The molecule has 0 bridgehead atoms. The molecule has 3 rings (SSSR count). The predicted molar refractivity (Wildman–Crippen MR) is 105 cm³/mol. The maximum Gasteiger partial charge on any atom is 0.274 e. The molecular weight excluding hydrogens is 367 g/mol. The largest absolute Gasteiger partial charge is 0.370 e. The number of hydrogen-bond acceptors (Lipinski definition) is 4. The molecule has 0 fully saturated rings. The summed E-state index contributed by atoms with van der Waals surface area (Å²) >= 11 is 6.07. The third-order valence-electron chi connectivity index (χ3n) is 3.99. The first-order chi connectivity index (χ1) is 13.0. The number of nitrogens with zero attached hydrogens (tertiary/aromatic N) is 2. The molecule has 0 saturated heterocycles. The molecule has 0 saturated carbocycles. The Labute approximate surface area is 161 Å². The number of carbonyl (C=O) groups is 1. The summed E-state index contributed by atoms with van der Waals surface area (Å²) < 4.78 is 13.6. The summed E-state index contributed by atoms with van der Waals surface area (Å²) in [6, 6.07) is 13.4. The monoisotopic (exact) mass is 384 g/mol. The Morgan fingerprint density at radius 3 is 2.74 bits per heavy atom. The van der Waals surface area contributed by atoms with E-state index in [0.717, 1.165) is 5.56 Å². The van der Waals surface area contributed by atoms with E-state index in [4.69, 9.17) is 11.6 Å². The zero-order chi connectivity index (χ0) is 19.2. The van der Waals surface area contributed by atoms with Gasteiger partial charge in [-0.1, -0.05) is 35.9 Å². The fourth-order valence-corrected chi connectivity index (χ4v) is 2.65. The van der Waals surface area contributed by atoms with Gasteiger partial charge in [-0.25, -0.2) is 14.4 Å². The second-order valence-corrected chi connectivity index (χ2v) is 6.38. The highest BCUT2D eigenvalue weighted by Crippen LogP contribution is 2.20. The Morgan fingerprint density at radius 1 is 1.15 bits per heavy atom. The highest BCUT2D eigenvalue weighted by molar-refractivity contribution is 6.31. The number of aryl methyl sites for hydroxylation is 1. The minimum absolute atomic E-state index is 0.218. The fraction of sp³-hybridized carbons (Fsp3) is 0.150. The second-order valence-electron chi connectivity index (χ2n) is 5.97. The molecule has 3 aromatic rings. The van der Waals surface area contributed by atoms with Gasteiger partial charge in [-0.05, 0) is 42.7 Å². The predicted octanol–water partition coefficient (Wildman–Crippen LogP) is 4.48. The standard InChI is InChI=1S/C20H18ClFN4O/c1-13-6-7-15(10-16(13)21)26-20(27)18-11-19(25-12-24-18)23-9-8-14-4-2-3-5-17(14)22/h2-7,10-12H,8-9H2,1H3,(H,26,27)(H,23,24,25). The molecule has 27 heavy (non-hydrogen) atoms. The van der Waals surface area contributed by atoms with E-state index >= 15 is 0 Å². The van der Waals surface area contributed by atoms with Crippen molar-refractivity contribution in [2.24, 2.45) is 0 Å². The van der Waals surface area contributed by atoms with E-state index in [1.165, 1.54) is 12.4 Å². The number of rotatable bonds is 6. The lowest BCUT2D eigenvalue weighted by molar-refractivity contribution is 0.102. The third kappa shape index (κ3) is 5.01. The van der Waals surface area contributed by atoms with Gasteiger partial charge in [0.2, 0.25) is 0 Å². The third-order valence-corrected chi connectivity index (χ3v) is 4.39. The molecule has 0 aliphatic rings. The normalized spacial score (nSPS) is 10.5. The van der Waals surface area contributed by atoms with Crippen molar-refractivity contribution in [3.63, 3.8) is 0 Å². The molecular formula is C20H18ClFN4O. The van der Waals surface area contributed by atoms with Gasteiger partial charge in [0.25, 0.3) is 5.91 Å². The number of hydrogen-bond donors (Lipinski definition) is 2. The summed E-state index contributed by atoms with van der Waals surface area (Å²) in [5.74, 6) is -0.110. The first kappa shape index (κ1) is 18.8. The average Bonchev–Trinajstić information content (AvgIpc) is 2.66. The van der Waals surface area contributed by atoms with Crippen molar-refractivity contribution in [3.8, 4) is 0 Å². The summed E-state index contributed by atoms with van der Waals surface area (Å²) in [5, 5.41) is 6.40. The molecule has 0 radical (unpaired) electrons. The van der Waals surface area contributed by atoms with Gasteiger partial charge in [0.15, 0.2) is 0 Å². The lowest BCUT2D eigenvalue weighted by atomic mass is 10.1. The van der Waals surface area contributed by atoms with Crippen molar-refractivity contribution in [1.82, 2.24) is 9.97 Å². The Balaban J connectivity index is 1.61. The maximum absolute atomic E-state index is 13.6. The van der Waals surface area contributed by atoms with E-state index < -0.39 is 0 Å². The van der Waals surface area contributed by atoms with E-state index in [1.807, 2.05) is 13.0 Å². The molecule has 2 N–H and O–H groups in total. The van der Waals surface area contributed by atoms with Gasteiger partial charge in [0.05, 0.1) is 0 Å². The van der Waals surface area contributed by atoms with Crippen LogP contribution in [-0.4, -0.2) is 22.4 Å². The van der Waals surface area contributed by atoms with E-state index in [0.29, 0.717) is 35.1 Å². The Bertz CT molecular complexity index is 964. The lowest BCUT2D eigenvalue weighted by Crippen LogP contribution is -2.15. The first-order valence-corrected chi connectivity index (χ1v) is 8.77. The Morgan fingerprint density at radius 2 is 1.96 bits per heavy atom. The topological polar surface area (TPSA) is 66.9 Å². The number of nitrogens with one attached hydrogen (secondary N) is 2. The molecule has 0 aliphatic heterocycles. The highest BCUT2D eigenvalue weighted by atomic mass is 35.5. The maximum atomic E-state index is 13.6. The zero-order valence-electron chi connectivity index (χ0n) is 14.7. The van der Waals surface area contributed by atoms with Gasteiger partial charge in [-0.2, -0.15) is 0 Å². The molecule has 138 valence electrons. The smallest absolute Gasteiger partial charge is 0.274 e. The van der Waals surface area contributed by atoms with Crippen molar-refractivity contribution in [1.29, 1.82) is 0 Å². The molecule has 5 nitrogen and oxygen atoms in total. The van der Waals surface area contributed by atoms with Gasteiger partial charge in [-0.3, -0.25) is 4.79 Å². The Hall–Kier alpha value is -2.99. The number of benzene rings is 2. The molecule has 0 atom stereocenters. The number of aromatic nitrogens is 2. The van der Waals surface area contributed by atoms with Gasteiger partial charge in [-0.15, -0.1) is 0 Å². The van der Waals surface area contributed by atoms with Crippen LogP contribution in [-0.2, 0) is 6.42 Å².